The van der Waals surface area contributed by atoms with Gasteiger partial charge in [-0.25, -0.2) is 14.4 Å². The van der Waals surface area contributed by atoms with Gasteiger partial charge in [0.05, 0.1) is 36.8 Å². The Morgan fingerprint density at radius 1 is 1.27 bits per heavy atom. The summed E-state index contributed by atoms with van der Waals surface area (Å²) in [4.78, 5) is 39.2. The fourth-order valence-corrected chi connectivity index (χ4v) is 6.39. The molecule has 3 heterocycles. The van der Waals surface area contributed by atoms with Crippen molar-refractivity contribution in [3.63, 3.8) is 0 Å². The summed E-state index contributed by atoms with van der Waals surface area (Å²) in [5, 5.41) is 14.0. The van der Waals surface area contributed by atoms with Crippen LogP contribution in [0, 0.1) is 5.82 Å². The SMILES string of the molecule is COc1cc(F)cc([Si](CO)NC(=O)CN2Cc3ccc(-c4nc(NC5CCOCC5)ncc4Cl)cc3C2=O)c1. The fraction of sp³-hybridized carbons (Fsp3) is 0.333. The normalized spacial score (nSPS) is 15.3. The van der Waals surface area contributed by atoms with Gasteiger partial charge in [-0.2, -0.15) is 0 Å². The van der Waals surface area contributed by atoms with Crippen LogP contribution in [0.4, 0.5) is 10.3 Å². The zero-order valence-electron chi connectivity index (χ0n) is 21.7. The van der Waals surface area contributed by atoms with E-state index in [1.807, 2.05) is 12.1 Å². The summed E-state index contributed by atoms with van der Waals surface area (Å²) in [7, 11) is -0.636. The molecule has 13 heteroatoms. The highest BCUT2D eigenvalue weighted by molar-refractivity contribution is 6.73. The van der Waals surface area contributed by atoms with Crippen molar-refractivity contribution in [3.8, 4) is 17.0 Å². The number of hydrogen-bond acceptors (Lipinski definition) is 8. The van der Waals surface area contributed by atoms with E-state index in [-0.39, 0.29) is 37.0 Å². The maximum Gasteiger partial charge on any atom is 0.254 e. The Balaban J connectivity index is 1.27. The smallest absolute Gasteiger partial charge is 0.254 e. The first-order valence-electron chi connectivity index (χ1n) is 12.8. The second-order valence-electron chi connectivity index (χ2n) is 9.52. The average Bonchev–Trinajstić information content (AvgIpc) is 3.26. The standard InChI is InChI=1S/C27H28ClFN5O5Si/c1-38-20-9-18(29)10-21(11-20)40(15-35)33-24(36)14-34-13-17-3-2-16(8-22(17)26(34)37)25-23(28)12-30-27(32-25)31-19-4-6-39-7-5-19/h2-3,8-12,19,35H,4-7,13-15H2,1H3,(H,33,36)(H,30,31,32). The van der Waals surface area contributed by atoms with Crippen LogP contribution in [0.2, 0.25) is 5.02 Å². The third-order valence-corrected chi connectivity index (χ3v) is 8.96. The number of carbonyl (C=O) groups excluding carboxylic acids is 2. The number of anilines is 1. The predicted octanol–water partition coefficient (Wildman–Crippen LogP) is 2.04. The van der Waals surface area contributed by atoms with Crippen LogP contribution in [-0.4, -0.2) is 79.9 Å². The molecule has 0 bridgehead atoms. The van der Waals surface area contributed by atoms with Crippen molar-refractivity contribution in [2.75, 3.05) is 38.4 Å². The van der Waals surface area contributed by atoms with Crippen LogP contribution < -0.4 is 20.2 Å². The minimum absolute atomic E-state index is 0.208. The number of aliphatic hydroxyl groups excluding tert-OH is 1. The molecule has 0 atom stereocenters. The molecule has 1 aromatic heterocycles. The first kappa shape index (κ1) is 28.0. The Hall–Kier alpha value is -3.58. The Kier molecular flexibility index (Phi) is 8.59. The Morgan fingerprint density at radius 3 is 2.83 bits per heavy atom. The number of nitrogens with zero attached hydrogens (tertiary/aromatic N) is 3. The van der Waals surface area contributed by atoms with E-state index in [2.05, 4.69) is 20.3 Å². The second kappa shape index (κ2) is 12.3. The lowest BCUT2D eigenvalue weighted by atomic mass is 10.0. The van der Waals surface area contributed by atoms with Crippen LogP contribution in [0.1, 0.15) is 28.8 Å². The van der Waals surface area contributed by atoms with Crippen LogP contribution in [0.15, 0.2) is 42.6 Å². The van der Waals surface area contributed by atoms with Crippen molar-refractivity contribution in [1.29, 1.82) is 0 Å². The number of halogens is 2. The lowest BCUT2D eigenvalue weighted by Crippen LogP contribution is -2.53. The monoisotopic (exact) mass is 584 g/mol. The van der Waals surface area contributed by atoms with Gasteiger partial charge in [-0.1, -0.05) is 23.7 Å². The van der Waals surface area contributed by atoms with Crippen LogP contribution in [0.3, 0.4) is 0 Å². The van der Waals surface area contributed by atoms with E-state index in [1.54, 1.807) is 12.1 Å². The largest absolute Gasteiger partial charge is 0.497 e. The molecule has 2 aliphatic heterocycles. The first-order valence-corrected chi connectivity index (χ1v) is 14.8. The number of fused-ring (bicyclic) bond motifs is 1. The number of aromatic nitrogens is 2. The number of aliphatic hydroxyl groups is 1. The summed E-state index contributed by atoms with van der Waals surface area (Å²) in [5.74, 6) is -0.542. The van der Waals surface area contributed by atoms with Crippen molar-refractivity contribution in [1.82, 2.24) is 19.9 Å². The van der Waals surface area contributed by atoms with E-state index in [9.17, 15) is 19.1 Å². The molecule has 1 saturated heterocycles. The Morgan fingerprint density at radius 2 is 2.08 bits per heavy atom. The highest BCUT2D eigenvalue weighted by Gasteiger charge is 2.30. The molecule has 0 aliphatic carbocycles. The van der Waals surface area contributed by atoms with Gasteiger partial charge in [0, 0.05) is 43.0 Å². The summed E-state index contributed by atoms with van der Waals surface area (Å²) >= 11 is 6.43. The van der Waals surface area contributed by atoms with Crippen LogP contribution in [0.5, 0.6) is 5.75 Å². The van der Waals surface area contributed by atoms with Crippen molar-refractivity contribution in [2.24, 2.45) is 0 Å². The summed E-state index contributed by atoms with van der Waals surface area (Å²) in [6, 6.07) is 9.65. The molecular weight excluding hydrogens is 557 g/mol. The van der Waals surface area contributed by atoms with Crippen molar-refractivity contribution < 1.29 is 28.6 Å². The van der Waals surface area contributed by atoms with Gasteiger partial charge in [-0.05, 0) is 41.8 Å². The van der Waals surface area contributed by atoms with E-state index < -0.39 is 20.7 Å². The average molecular weight is 585 g/mol. The van der Waals surface area contributed by atoms with E-state index in [4.69, 9.17) is 21.1 Å². The summed E-state index contributed by atoms with van der Waals surface area (Å²) in [6.07, 6.45) is 2.89. The Labute approximate surface area is 237 Å². The molecule has 2 aromatic carbocycles. The number of ether oxygens (including phenoxy) is 2. The topological polar surface area (TPSA) is 126 Å². The number of benzene rings is 2. The molecule has 3 N–H and O–H groups in total. The molecule has 3 aromatic rings. The molecule has 1 fully saturated rings. The minimum Gasteiger partial charge on any atom is -0.497 e. The Bertz CT molecular complexity index is 1420. The van der Waals surface area contributed by atoms with Gasteiger partial charge < -0.3 is 29.8 Å². The molecule has 1 radical (unpaired) electrons. The molecule has 0 unspecified atom stereocenters. The van der Waals surface area contributed by atoms with Gasteiger partial charge in [0.2, 0.25) is 20.8 Å². The molecule has 2 aliphatic rings. The van der Waals surface area contributed by atoms with Crippen molar-refractivity contribution >= 4 is 43.5 Å². The zero-order valence-corrected chi connectivity index (χ0v) is 23.5. The quantitative estimate of drug-likeness (QED) is 0.326. The third-order valence-electron chi connectivity index (χ3n) is 6.80. The lowest BCUT2D eigenvalue weighted by Gasteiger charge is -2.23. The van der Waals surface area contributed by atoms with Crippen molar-refractivity contribution in [3.05, 3.63) is 64.6 Å². The van der Waals surface area contributed by atoms with Gasteiger partial charge in [-0.3, -0.25) is 9.59 Å². The number of methoxy groups -OCH3 is 1. The van der Waals surface area contributed by atoms with Crippen LogP contribution in [0.25, 0.3) is 11.3 Å². The molecule has 0 saturated carbocycles. The fourth-order valence-electron chi connectivity index (χ4n) is 4.74. The number of hydrogen-bond donors (Lipinski definition) is 3. The minimum atomic E-state index is -2.05. The lowest BCUT2D eigenvalue weighted by molar-refractivity contribution is -0.120. The first-order chi connectivity index (χ1) is 19.3. The molecule has 209 valence electrons. The number of nitrogens with one attached hydrogen (secondary N) is 2. The molecule has 0 spiro atoms. The van der Waals surface area contributed by atoms with E-state index in [0.29, 0.717) is 46.2 Å². The van der Waals surface area contributed by atoms with Gasteiger partial charge in [0.15, 0.2) is 0 Å². The van der Waals surface area contributed by atoms with Gasteiger partial charge in [-0.15, -0.1) is 0 Å². The molecule has 5 rings (SSSR count). The maximum absolute atomic E-state index is 14.0. The van der Waals surface area contributed by atoms with E-state index in [1.165, 1.54) is 30.3 Å². The second-order valence-corrected chi connectivity index (χ2v) is 12.0. The summed E-state index contributed by atoms with van der Waals surface area (Å²) in [6.45, 7) is 1.41. The highest BCUT2D eigenvalue weighted by atomic mass is 35.5. The van der Waals surface area contributed by atoms with Crippen LogP contribution in [-0.2, 0) is 16.1 Å². The molecular formula is C27H28ClFN5O5Si. The molecule has 40 heavy (non-hydrogen) atoms. The van der Waals surface area contributed by atoms with Crippen LogP contribution >= 0.6 is 11.6 Å². The van der Waals surface area contributed by atoms with E-state index >= 15 is 0 Å². The molecule has 2 amide bonds. The zero-order chi connectivity index (χ0) is 28.2. The number of rotatable bonds is 9. The van der Waals surface area contributed by atoms with E-state index in [0.717, 1.165) is 18.4 Å². The van der Waals surface area contributed by atoms with Gasteiger partial charge in [0.25, 0.3) is 5.91 Å². The highest BCUT2D eigenvalue weighted by Crippen LogP contribution is 2.31. The van der Waals surface area contributed by atoms with Crippen molar-refractivity contribution in [2.45, 2.75) is 25.4 Å². The number of carbonyl (C=O) groups is 2. The summed E-state index contributed by atoms with van der Waals surface area (Å²) in [5.41, 5.74) is 2.39. The maximum atomic E-state index is 14.0. The van der Waals surface area contributed by atoms with Gasteiger partial charge >= 0.3 is 0 Å². The summed E-state index contributed by atoms with van der Waals surface area (Å²) < 4.78 is 24.4. The van der Waals surface area contributed by atoms with Gasteiger partial charge in [0.1, 0.15) is 11.6 Å². The number of amides is 2. The predicted molar refractivity (Wildman–Crippen MR) is 148 cm³/mol. The third kappa shape index (κ3) is 6.25. The molecule has 10 nitrogen and oxygen atoms in total.